The van der Waals surface area contributed by atoms with Crippen molar-refractivity contribution >= 4 is 21.8 Å². The molecule has 2 N–H and O–H groups in total. The minimum Gasteiger partial charge on any atom is -0.478 e. The van der Waals surface area contributed by atoms with Crippen LogP contribution in [0.3, 0.4) is 0 Å². The molecule has 0 aromatic heterocycles. The van der Waals surface area contributed by atoms with E-state index >= 15 is 0 Å². The van der Waals surface area contributed by atoms with Crippen LogP contribution in [0.15, 0.2) is 18.2 Å². The maximum Gasteiger partial charge on any atom is 0.522 e. The second-order valence-electron chi connectivity index (χ2n) is 5.47. The van der Waals surface area contributed by atoms with Gasteiger partial charge in [0.2, 0.25) is 0 Å². The molecule has 25 heavy (non-hydrogen) atoms. The largest absolute Gasteiger partial charge is 0.522 e. The lowest BCUT2D eigenvalue weighted by Crippen LogP contribution is -2.37. The van der Waals surface area contributed by atoms with Gasteiger partial charge in [0.05, 0.1) is 26.7 Å². The van der Waals surface area contributed by atoms with Gasteiger partial charge in [-0.05, 0) is 12.1 Å². The van der Waals surface area contributed by atoms with Gasteiger partial charge in [0.15, 0.2) is 0 Å². The summed E-state index contributed by atoms with van der Waals surface area (Å²) in [5, 5.41) is 8.70. The van der Waals surface area contributed by atoms with Gasteiger partial charge in [0.1, 0.15) is 11.3 Å². The van der Waals surface area contributed by atoms with Gasteiger partial charge in [-0.1, -0.05) is 0 Å². The number of quaternary nitrogens is 1. The predicted octanol–water partition coefficient (Wildman–Crippen LogP) is 2.99. The number of hydrogen-bond acceptors (Lipinski definition) is 3. The van der Waals surface area contributed by atoms with Gasteiger partial charge in [0.25, 0.3) is 0 Å². The van der Waals surface area contributed by atoms with Crippen molar-refractivity contribution in [3.63, 3.8) is 0 Å². The summed E-state index contributed by atoms with van der Waals surface area (Å²) >= 11 is 0. The molecule has 144 valence electrons. The van der Waals surface area contributed by atoms with Crippen molar-refractivity contribution in [2.75, 3.05) is 21.1 Å². The minimum atomic E-state index is -5.84. The summed E-state index contributed by atoms with van der Waals surface area (Å²) in [6, 6.07) is 3.05. The Morgan fingerprint density at radius 3 is 1.68 bits per heavy atom. The molecule has 1 aromatic rings. The van der Waals surface area contributed by atoms with E-state index in [0.717, 1.165) is 0 Å². The van der Waals surface area contributed by atoms with Crippen LogP contribution >= 0.6 is 0 Å². The first-order valence-corrected chi connectivity index (χ1v) is 7.53. The lowest BCUT2D eigenvalue weighted by molar-refractivity contribution is -0.137. The van der Waals surface area contributed by atoms with Crippen LogP contribution in [-0.4, -0.2) is 50.7 Å². The van der Waals surface area contributed by atoms with Gasteiger partial charge >= 0.3 is 27.8 Å². The van der Waals surface area contributed by atoms with E-state index in [9.17, 15) is 31.1 Å². The number of carbonyl (C=O) groups is 1. The topological polar surface area (TPSA) is 91.7 Å². The molecule has 0 aliphatic carbocycles. The Bertz CT molecular complexity index is 734. The van der Waals surface area contributed by atoms with Crippen LogP contribution in [0, 0.1) is 0 Å². The Labute approximate surface area is 138 Å². The molecule has 6 nitrogen and oxygen atoms in total. The van der Waals surface area contributed by atoms with Crippen LogP contribution in [-0.2, 0) is 16.3 Å². The number of alkyl halides is 6. The first-order valence-electron chi connectivity index (χ1n) is 6.08. The molecule has 1 aromatic carbocycles. The van der Waals surface area contributed by atoms with Crippen LogP contribution in [0.4, 0.5) is 32.0 Å². The molecular formula is C12H14F6NO5S+. The quantitative estimate of drug-likeness (QED) is 0.346. The zero-order chi connectivity index (χ0) is 20.4. The molecule has 0 unspecified atom stereocenters. The molecule has 0 radical (unpaired) electrons. The summed E-state index contributed by atoms with van der Waals surface area (Å²) in [5.41, 5.74) is -6.78. The Hall–Kier alpha value is -1.86. The normalized spacial score (nSPS) is 13.0. The number of hydrogen-bond donors (Lipinski definition) is 2. The third kappa shape index (κ3) is 6.88. The van der Waals surface area contributed by atoms with Crippen molar-refractivity contribution in [2.45, 2.75) is 11.7 Å². The number of carboxylic acid groups (broad SMARTS) is 1. The second kappa shape index (κ2) is 7.17. The summed E-state index contributed by atoms with van der Waals surface area (Å²) in [7, 11) is -1.08. The lowest BCUT2D eigenvalue weighted by atomic mass is 10.1. The van der Waals surface area contributed by atoms with Crippen molar-refractivity contribution in [3.8, 4) is 0 Å². The number of nitrogens with zero attached hydrogens (tertiary/aromatic N) is 1. The van der Waals surface area contributed by atoms with Crippen molar-refractivity contribution in [2.24, 2.45) is 0 Å². The number of carboxylic acids is 1. The monoisotopic (exact) mass is 398 g/mol. The van der Waals surface area contributed by atoms with Crippen LogP contribution in [0.25, 0.3) is 0 Å². The van der Waals surface area contributed by atoms with E-state index in [1.54, 1.807) is 21.1 Å². The van der Waals surface area contributed by atoms with Gasteiger partial charge < -0.3 is 5.11 Å². The predicted molar refractivity (Wildman–Crippen MR) is 75.6 cm³/mol. The zero-order valence-electron chi connectivity index (χ0n) is 13.0. The highest BCUT2D eigenvalue weighted by Gasteiger charge is 2.44. The van der Waals surface area contributed by atoms with E-state index in [0.29, 0.717) is 6.07 Å². The first-order chi connectivity index (χ1) is 10.8. The molecule has 0 fully saturated rings. The number of halogens is 6. The molecule has 0 saturated carbocycles. The van der Waals surface area contributed by atoms with E-state index in [1.165, 1.54) is 12.1 Å². The van der Waals surface area contributed by atoms with Crippen LogP contribution in [0.2, 0.25) is 0 Å². The fourth-order valence-electron chi connectivity index (χ4n) is 1.48. The summed E-state index contributed by atoms with van der Waals surface area (Å²) in [4.78, 5) is 10.7. The van der Waals surface area contributed by atoms with E-state index in [4.69, 9.17) is 18.1 Å². The molecule has 0 spiro atoms. The maximum atomic E-state index is 12.8. The van der Waals surface area contributed by atoms with Crippen LogP contribution in [0.1, 0.15) is 15.9 Å². The highest BCUT2D eigenvalue weighted by Crippen LogP contribution is 2.38. The summed E-state index contributed by atoms with van der Waals surface area (Å²) in [6.07, 6.45) is -4.56. The Morgan fingerprint density at radius 1 is 1.04 bits per heavy atom. The fourth-order valence-corrected chi connectivity index (χ4v) is 1.48. The third-order valence-electron chi connectivity index (χ3n) is 2.56. The summed E-state index contributed by atoms with van der Waals surface area (Å²) in [5.74, 6) is -1.37. The zero-order valence-corrected chi connectivity index (χ0v) is 13.8. The molecular weight excluding hydrogens is 384 g/mol. The van der Waals surface area contributed by atoms with Gasteiger partial charge in [0, 0.05) is 6.07 Å². The van der Waals surface area contributed by atoms with E-state index < -0.39 is 33.3 Å². The molecule has 0 atom stereocenters. The molecule has 0 saturated heterocycles. The summed E-state index contributed by atoms with van der Waals surface area (Å²) in [6.45, 7) is 0. The van der Waals surface area contributed by atoms with Crippen LogP contribution < -0.4 is 4.48 Å². The molecule has 1 rings (SSSR count). The highest BCUT2D eigenvalue weighted by atomic mass is 32.2. The average Bonchev–Trinajstić information content (AvgIpc) is 2.34. The van der Waals surface area contributed by atoms with Crippen molar-refractivity contribution < 1.29 is 49.2 Å². The van der Waals surface area contributed by atoms with Gasteiger partial charge in [-0.25, -0.2) is 4.79 Å². The van der Waals surface area contributed by atoms with Crippen molar-refractivity contribution in [3.05, 3.63) is 29.3 Å². The van der Waals surface area contributed by atoms with E-state index in [1.807, 2.05) is 0 Å². The number of benzene rings is 1. The van der Waals surface area contributed by atoms with E-state index in [-0.39, 0.29) is 15.7 Å². The average molecular weight is 398 g/mol. The number of aromatic carboxylic acids is 1. The smallest absolute Gasteiger partial charge is 0.478 e. The second-order valence-corrected chi connectivity index (χ2v) is 6.88. The Balaban J connectivity index is 0.000000609. The Morgan fingerprint density at radius 2 is 1.44 bits per heavy atom. The molecule has 0 amide bonds. The summed E-state index contributed by atoms with van der Waals surface area (Å²) < 4.78 is 96.0. The minimum absolute atomic E-state index is 0.0301. The van der Waals surface area contributed by atoms with E-state index in [2.05, 4.69) is 0 Å². The maximum absolute atomic E-state index is 12.8. The first kappa shape index (κ1) is 23.1. The molecule has 0 bridgehead atoms. The highest BCUT2D eigenvalue weighted by molar-refractivity contribution is 7.86. The van der Waals surface area contributed by atoms with Crippen molar-refractivity contribution in [1.82, 2.24) is 4.48 Å². The SMILES string of the molecule is C[N+](C)(C)c1ccc(C(=O)O)cc1C(F)(F)F.O=S(=O)(O)C(F)(F)F. The molecule has 0 heterocycles. The molecule has 0 aliphatic rings. The van der Waals surface area contributed by atoms with Gasteiger partial charge in [-0.15, -0.1) is 0 Å². The van der Waals surface area contributed by atoms with Crippen molar-refractivity contribution in [1.29, 1.82) is 0 Å². The van der Waals surface area contributed by atoms with Gasteiger partial charge in [-0.3, -0.25) is 9.04 Å². The van der Waals surface area contributed by atoms with Crippen LogP contribution in [0.5, 0.6) is 0 Å². The fraction of sp³-hybridized carbons (Fsp3) is 0.417. The number of rotatable bonds is 2. The standard InChI is InChI=1S/C11H12F3NO2.CHF3O3S/c1-15(2,3)9-5-4-7(10(16)17)6-8(9)11(12,13)14;2-1(3,4)8(5,6)7/h4-6H,1-3H3;(H,5,6,7)/p+1. The molecule has 0 aliphatic heterocycles. The lowest BCUT2D eigenvalue weighted by Gasteiger charge is -2.26. The molecule has 13 heteroatoms. The van der Waals surface area contributed by atoms with Gasteiger partial charge in [-0.2, -0.15) is 34.8 Å². The third-order valence-corrected chi connectivity index (χ3v) is 3.15. The Kier molecular flexibility index (Phi) is 6.64.